The number of ether oxygens (including phenoxy) is 2. The van der Waals surface area contributed by atoms with Gasteiger partial charge in [0.1, 0.15) is 31.1 Å². The van der Waals surface area contributed by atoms with Crippen molar-refractivity contribution in [2.45, 2.75) is 70.9 Å². The Morgan fingerprint density at radius 1 is 0.275 bits per heavy atom. The van der Waals surface area contributed by atoms with E-state index in [1.54, 1.807) is 0 Å². The molecule has 0 N–H and O–H groups in total. The van der Waals surface area contributed by atoms with E-state index in [1.165, 1.54) is 121 Å². The van der Waals surface area contributed by atoms with Gasteiger partial charge in [0.05, 0.1) is 0 Å². The molecular weight excluding hydrogens is 985 g/mol. The van der Waals surface area contributed by atoms with E-state index in [0.29, 0.717) is 0 Å². The number of benzene rings is 12. The quantitative estimate of drug-likeness (QED) is 0.129. The minimum absolute atomic E-state index is 0.129. The van der Waals surface area contributed by atoms with Crippen molar-refractivity contribution in [3.8, 4) is 89.8 Å². The third-order valence-corrected chi connectivity index (χ3v) is 22.9. The first-order valence-electron chi connectivity index (χ1n) is 28.5. The summed E-state index contributed by atoms with van der Waals surface area (Å²) in [5.41, 5.74) is 21.5. The molecule has 0 radical (unpaired) electrons. The number of para-hydroxylation sites is 2. The van der Waals surface area contributed by atoms with E-state index in [9.17, 15) is 0 Å². The maximum absolute atomic E-state index is 7.53. The van der Waals surface area contributed by atoms with Crippen LogP contribution in [0, 0.1) is 0 Å². The van der Waals surface area contributed by atoms with E-state index in [4.69, 9.17) is 9.47 Å². The zero-order valence-corrected chi connectivity index (χ0v) is 47.6. The maximum atomic E-state index is 7.53. The first kappa shape index (κ1) is 47.3. The van der Waals surface area contributed by atoms with Gasteiger partial charge in [-0.15, -0.1) is 0 Å². The van der Waals surface area contributed by atoms with Gasteiger partial charge in [0.25, 0.3) is 0 Å². The normalized spacial score (nSPS) is 15.8. The Morgan fingerprint density at radius 2 is 0.738 bits per heavy atom. The minimum Gasteiger partial charge on any atom is -0.456 e. The van der Waals surface area contributed by atoms with Crippen molar-refractivity contribution in [1.82, 2.24) is 0 Å². The van der Waals surface area contributed by atoms with E-state index >= 15 is 0 Å². The molecule has 12 aromatic rings. The lowest BCUT2D eigenvalue weighted by Crippen LogP contribution is -2.56. The maximum Gasteiger partial charge on any atom is 0.139 e. The van der Waals surface area contributed by atoms with Crippen molar-refractivity contribution >= 4 is 50.8 Å². The number of fused-ring (bicyclic) bond motifs is 15. The summed E-state index contributed by atoms with van der Waals surface area (Å²) in [6.45, 7) is 19.2. The Hall–Kier alpha value is -8.76. The molecule has 3 heteroatoms. The number of rotatable bonds is 4. The molecule has 2 nitrogen and oxygen atoms in total. The van der Waals surface area contributed by atoms with Crippen molar-refractivity contribution in [2.75, 3.05) is 0 Å². The molecule has 0 bridgehead atoms. The van der Waals surface area contributed by atoms with Crippen molar-refractivity contribution in [3.63, 3.8) is 0 Å². The summed E-state index contributed by atoms with van der Waals surface area (Å²) in [6.07, 6.45) is 0. The van der Waals surface area contributed by atoms with Crippen LogP contribution in [0.1, 0.15) is 74.9 Å². The van der Waals surface area contributed by atoms with E-state index in [2.05, 4.69) is 273 Å². The molecule has 0 spiro atoms. The molecule has 384 valence electrons. The lowest BCUT2D eigenvalue weighted by Gasteiger charge is -2.37. The summed E-state index contributed by atoms with van der Waals surface area (Å²) in [5, 5.41) is 9.93. The summed E-state index contributed by atoms with van der Waals surface area (Å²) < 4.78 is 15.0. The predicted molar refractivity (Wildman–Crippen MR) is 338 cm³/mol. The zero-order valence-electron chi connectivity index (χ0n) is 46.6. The van der Waals surface area contributed by atoms with Gasteiger partial charge in [-0.05, 0) is 128 Å². The van der Waals surface area contributed by atoms with Crippen LogP contribution in [-0.4, -0.2) is 8.07 Å². The van der Waals surface area contributed by atoms with Crippen molar-refractivity contribution in [3.05, 3.63) is 252 Å². The van der Waals surface area contributed by atoms with Gasteiger partial charge in [-0.1, -0.05) is 255 Å². The van der Waals surface area contributed by atoms with Crippen LogP contribution in [0.2, 0.25) is 13.1 Å². The Bertz CT molecular complexity index is 4710. The van der Waals surface area contributed by atoms with Crippen LogP contribution in [0.25, 0.3) is 99.1 Å². The van der Waals surface area contributed by atoms with Gasteiger partial charge < -0.3 is 9.47 Å². The molecule has 2 aliphatic heterocycles. The first-order valence-corrected chi connectivity index (χ1v) is 31.5. The van der Waals surface area contributed by atoms with Crippen LogP contribution in [0.4, 0.5) is 0 Å². The highest BCUT2D eigenvalue weighted by Crippen LogP contribution is 2.61. The molecule has 0 amide bonds. The average molecular weight is 1050 g/mol. The summed E-state index contributed by atoms with van der Waals surface area (Å²) in [4.78, 5) is 0. The topological polar surface area (TPSA) is 18.5 Å². The Kier molecular flexibility index (Phi) is 9.69. The molecule has 80 heavy (non-hydrogen) atoms. The molecule has 0 fully saturated rings. The molecule has 0 saturated carbocycles. The van der Waals surface area contributed by atoms with E-state index < -0.39 is 8.07 Å². The van der Waals surface area contributed by atoms with Crippen molar-refractivity contribution in [1.29, 1.82) is 0 Å². The Balaban J connectivity index is 0.927. The largest absolute Gasteiger partial charge is 0.456 e. The van der Waals surface area contributed by atoms with E-state index in [0.717, 1.165) is 45.3 Å². The van der Waals surface area contributed by atoms with Crippen LogP contribution in [0.3, 0.4) is 0 Å². The van der Waals surface area contributed by atoms with Crippen LogP contribution >= 0.6 is 0 Å². The van der Waals surface area contributed by atoms with Crippen LogP contribution in [-0.2, 0) is 16.2 Å². The van der Waals surface area contributed by atoms with Gasteiger partial charge in [0, 0.05) is 49.6 Å². The fraction of sp³-hybridized carbons (Fsp3) is 0.143. The molecule has 4 aliphatic rings. The van der Waals surface area contributed by atoms with Gasteiger partial charge >= 0.3 is 0 Å². The second-order valence-electron chi connectivity index (χ2n) is 25.1. The first-order chi connectivity index (χ1) is 38.7. The highest BCUT2D eigenvalue weighted by Gasteiger charge is 2.46. The molecule has 12 aromatic carbocycles. The van der Waals surface area contributed by atoms with Gasteiger partial charge in [-0.25, -0.2) is 0 Å². The molecule has 16 rings (SSSR count). The second-order valence-corrected chi connectivity index (χ2v) is 29.4. The third kappa shape index (κ3) is 6.35. The van der Waals surface area contributed by atoms with E-state index in [1.807, 2.05) is 0 Å². The van der Waals surface area contributed by atoms with Gasteiger partial charge in [0.15, 0.2) is 0 Å². The lowest BCUT2D eigenvalue weighted by molar-refractivity contribution is 0.420. The standard InChI is InChI=1S/C77H60O2Si/c1-75(2)59-28-16-14-24-55(59)69-61(75)38-39-64-73(69)78-71-51(26-18-30-63(71)77(64,5)6)48-34-37-54-57(43-48)67(46-21-10-9-11-22-46)53-36-35-49(44-58(53)68(54)50-33-32-45-20-12-13-23-47(45)42-50)52-27-19-31-65-72(52)79-74-66(80(65,7)8)41-40-62-70(74)56-25-15-17-29-60(56)76(62,3)4/h9-44H,1-8H3. The van der Waals surface area contributed by atoms with Crippen LogP contribution in [0.15, 0.2) is 218 Å². The van der Waals surface area contributed by atoms with Gasteiger partial charge in [-0.2, -0.15) is 0 Å². The molecule has 0 saturated heterocycles. The Labute approximate surface area is 470 Å². The highest BCUT2D eigenvalue weighted by molar-refractivity contribution is 7.02. The molecule has 0 aromatic heterocycles. The summed E-state index contributed by atoms with van der Waals surface area (Å²) in [6, 6.07) is 82.2. The SMILES string of the molecule is CC1(C)c2cccc(-c3ccc4c(-c5ccc6ccccc6c5)c5cc(-c6cccc7c6Oc6c(ccc8c6-c6ccccc6C8(C)C)[Si]7(C)C)ccc5c(-c5ccccc5)c4c3)c2Oc2c1ccc1c2-c2ccccc2C1(C)C. The van der Waals surface area contributed by atoms with Crippen LogP contribution < -0.4 is 19.8 Å². The number of hydrogen-bond acceptors (Lipinski definition) is 2. The van der Waals surface area contributed by atoms with Gasteiger partial charge in [-0.3, -0.25) is 0 Å². The molecule has 0 unspecified atom stereocenters. The second kappa shape index (κ2) is 16.4. The monoisotopic (exact) mass is 1040 g/mol. The molecule has 0 atom stereocenters. The predicted octanol–water partition coefficient (Wildman–Crippen LogP) is 19.8. The van der Waals surface area contributed by atoms with E-state index in [-0.39, 0.29) is 16.2 Å². The molecule has 2 heterocycles. The third-order valence-electron chi connectivity index (χ3n) is 19.4. The smallest absolute Gasteiger partial charge is 0.139 e. The minimum atomic E-state index is -2.27. The van der Waals surface area contributed by atoms with Crippen LogP contribution in [0.5, 0.6) is 23.0 Å². The lowest BCUT2D eigenvalue weighted by atomic mass is 9.73. The highest BCUT2D eigenvalue weighted by atomic mass is 28.3. The summed E-state index contributed by atoms with van der Waals surface area (Å²) >= 11 is 0. The van der Waals surface area contributed by atoms with Crippen molar-refractivity contribution < 1.29 is 9.47 Å². The van der Waals surface area contributed by atoms with Crippen molar-refractivity contribution in [2.24, 2.45) is 0 Å². The fourth-order valence-electron chi connectivity index (χ4n) is 15.1. The van der Waals surface area contributed by atoms with Gasteiger partial charge in [0.2, 0.25) is 0 Å². The zero-order chi connectivity index (χ0) is 54.2. The molecule has 2 aliphatic carbocycles. The Morgan fingerprint density at radius 3 is 1.41 bits per heavy atom. The summed E-state index contributed by atoms with van der Waals surface area (Å²) in [7, 11) is -2.27. The molecular formula is C77H60O2Si. The summed E-state index contributed by atoms with van der Waals surface area (Å²) in [5.74, 6) is 3.94. The average Bonchev–Trinajstić information content (AvgIpc) is 3.74. The fourth-order valence-corrected chi connectivity index (χ4v) is 17.9. The number of hydrogen-bond donors (Lipinski definition) is 0.